The number of hydrogen-bond donors (Lipinski definition) is 2. The molecular formula is C19H23N5O4S. The van der Waals surface area contributed by atoms with Crippen molar-refractivity contribution in [2.75, 3.05) is 23.3 Å². The third kappa shape index (κ3) is 5.29. The summed E-state index contributed by atoms with van der Waals surface area (Å²) in [6.07, 6.45) is 1.38. The molecule has 1 aliphatic heterocycles. The van der Waals surface area contributed by atoms with E-state index in [4.69, 9.17) is 0 Å². The molecule has 3 rings (SSSR count). The number of hydrogen-bond acceptors (Lipinski definition) is 7. The van der Waals surface area contributed by atoms with Crippen LogP contribution >= 0.6 is 0 Å². The Hall–Kier alpha value is -3.01. The van der Waals surface area contributed by atoms with Crippen LogP contribution in [0, 0.1) is 12.8 Å². The number of benzene rings is 1. The zero-order valence-corrected chi connectivity index (χ0v) is 17.1. The number of aromatic nitrogens is 2. The first-order chi connectivity index (χ1) is 13.7. The van der Waals surface area contributed by atoms with Crippen LogP contribution in [0.4, 0.5) is 11.5 Å². The number of amides is 2. The van der Waals surface area contributed by atoms with Crippen LogP contribution in [0.2, 0.25) is 0 Å². The Balaban J connectivity index is 1.56. The van der Waals surface area contributed by atoms with Crippen molar-refractivity contribution in [3.05, 3.63) is 42.1 Å². The van der Waals surface area contributed by atoms with Gasteiger partial charge in [0.25, 0.3) is 10.0 Å². The minimum absolute atomic E-state index is 0.0433. The van der Waals surface area contributed by atoms with E-state index in [0.29, 0.717) is 31.6 Å². The van der Waals surface area contributed by atoms with Gasteiger partial charge in [-0.1, -0.05) is 0 Å². The Labute approximate surface area is 169 Å². The van der Waals surface area contributed by atoms with Gasteiger partial charge in [0.2, 0.25) is 11.8 Å². The van der Waals surface area contributed by atoms with Crippen LogP contribution in [-0.4, -0.2) is 43.5 Å². The number of piperidine rings is 1. The van der Waals surface area contributed by atoms with E-state index in [-0.39, 0.29) is 16.7 Å². The van der Waals surface area contributed by atoms with Crippen LogP contribution in [0.1, 0.15) is 25.5 Å². The number of nitrogens with zero attached hydrogens (tertiary/aromatic N) is 3. The summed E-state index contributed by atoms with van der Waals surface area (Å²) in [4.78, 5) is 25.6. The van der Waals surface area contributed by atoms with Crippen molar-refractivity contribution in [3.63, 3.8) is 0 Å². The van der Waals surface area contributed by atoms with E-state index in [1.54, 1.807) is 0 Å². The minimum atomic E-state index is -3.89. The van der Waals surface area contributed by atoms with Crippen molar-refractivity contribution in [3.8, 4) is 0 Å². The van der Waals surface area contributed by atoms with Crippen molar-refractivity contribution in [2.24, 2.45) is 5.92 Å². The van der Waals surface area contributed by atoms with Crippen LogP contribution in [0.3, 0.4) is 0 Å². The first-order valence-corrected chi connectivity index (χ1v) is 10.7. The first kappa shape index (κ1) is 20.7. The smallest absolute Gasteiger partial charge is 0.264 e. The van der Waals surface area contributed by atoms with E-state index in [2.05, 4.69) is 20.4 Å². The summed E-state index contributed by atoms with van der Waals surface area (Å²) in [6, 6.07) is 9.54. The molecule has 154 valence electrons. The molecule has 10 heteroatoms. The van der Waals surface area contributed by atoms with Gasteiger partial charge in [-0.15, -0.1) is 5.10 Å². The highest BCUT2D eigenvalue weighted by Gasteiger charge is 2.26. The van der Waals surface area contributed by atoms with E-state index in [0.717, 1.165) is 18.4 Å². The molecule has 1 aliphatic rings. The number of anilines is 2. The molecule has 9 nitrogen and oxygen atoms in total. The quantitative estimate of drug-likeness (QED) is 0.755. The van der Waals surface area contributed by atoms with Crippen molar-refractivity contribution in [1.29, 1.82) is 0 Å². The van der Waals surface area contributed by atoms with Gasteiger partial charge in [0.15, 0.2) is 5.82 Å². The fraction of sp³-hybridized carbons (Fsp3) is 0.368. The highest BCUT2D eigenvalue weighted by molar-refractivity contribution is 7.90. The average Bonchev–Trinajstić information content (AvgIpc) is 2.68. The number of aryl methyl sites for hydroxylation is 1. The van der Waals surface area contributed by atoms with Gasteiger partial charge in [-0.3, -0.25) is 9.59 Å². The van der Waals surface area contributed by atoms with Gasteiger partial charge in [-0.2, -0.15) is 5.10 Å². The zero-order valence-electron chi connectivity index (χ0n) is 16.3. The topological polar surface area (TPSA) is 121 Å². The SMILES string of the molecule is CC(=O)NS(=O)(=O)c1ccc(NC(=O)C2CCN(c3ccc(C)nn3)CC2)cc1. The molecule has 0 radical (unpaired) electrons. The Kier molecular flexibility index (Phi) is 6.12. The fourth-order valence-corrected chi connectivity index (χ4v) is 4.13. The average molecular weight is 417 g/mol. The Bertz CT molecular complexity index is 982. The molecule has 0 saturated carbocycles. The number of sulfonamides is 1. The molecule has 0 atom stereocenters. The zero-order chi connectivity index (χ0) is 21.0. The molecule has 2 N–H and O–H groups in total. The summed E-state index contributed by atoms with van der Waals surface area (Å²) < 4.78 is 25.8. The van der Waals surface area contributed by atoms with Crippen molar-refractivity contribution >= 4 is 33.3 Å². The lowest BCUT2D eigenvalue weighted by atomic mass is 9.96. The molecule has 2 heterocycles. The summed E-state index contributed by atoms with van der Waals surface area (Å²) in [5, 5.41) is 11.1. The van der Waals surface area contributed by atoms with Crippen molar-refractivity contribution < 1.29 is 18.0 Å². The summed E-state index contributed by atoms with van der Waals surface area (Å²) in [5.41, 5.74) is 1.36. The minimum Gasteiger partial charge on any atom is -0.355 e. The Morgan fingerprint density at radius 3 is 2.24 bits per heavy atom. The second-order valence-corrected chi connectivity index (χ2v) is 8.65. The second-order valence-electron chi connectivity index (χ2n) is 6.97. The van der Waals surface area contributed by atoms with Gasteiger partial charge in [0.1, 0.15) is 0 Å². The monoisotopic (exact) mass is 417 g/mol. The summed E-state index contributed by atoms with van der Waals surface area (Å²) in [6.45, 7) is 4.44. The molecule has 1 saturated heterocycles. The second kappa shape index (κ2) is 8.56. The predicted octanol–water partition coefficient (Wildman–Crippen LogP) is 1.46. The van der Waals surface area contributed by atoms with E-state index >= 15 is 0 Å². The lowest BCUT2D eigenvalue weighted by Gasteiger charge is -2.31. The fourth-order valence-electron chi connectivity index (χ4n) is 3.14. The third-order valence-electron chi connectivity index (χ3n) is 4.68. The maximum absolute atomic E-state index is 12.5. The maximum atomic E-state index is 12.5. The van der Waals surface area contributed by atoms with E-state index in [1.807, 2.05) is 23.8 Å². The molecule has 0 bridgehead atoms. The Morgan fingerprint density at radius 2 is 1.69 bits per heavy atom. The molecule has 1 fully saturated rings. The van der Waals surface area contributed by atoms with E-state index in [9.17, 15) is 18.0 Å². The molecule has 1 aromatic heterocycles. The number of carbonyl (C=O) groups is 2. The van der Waals surface area contributed by atoms with Gasteiger partial charge < -0.3 is 10.2 Å². The molecule has 0 spiro atoms. The normalized spacial score (nSPS) is 15.0. The van der Waals surface area contributed by atoms with Gasteiger partial charge in [0.05, 0.1) is 10.6 Å². The highest BCUT2D eigenvalue weighted by Crippen LogP contribution is 2.23. The summed E-state index contributed by atoms with van der Waals surface area (Å²) in [5.74, 6) is -0.0830. The molecule has 1 aromatic carbocycles. The first-order valence-electron chi connectivity index (χ1n) is 9.24. The van der Waals surface area contributed by atoms with Crippen molar-refractivity contribution in [1.82, 2.24) is 14.9 Å². The van der Waals surface area contributed by atoms with Gasteiger partial charge in [-0.25, -0.2) is 13.1 Å². The maximum Gasteiger partial charge on any atom is 0.264 e. The number of nitrogens with one attached hydrogen (secondary N) is 2. The van der Waals surface area contributed by atoms with Gasteiger partial charge in [-0.05, 0) is 56.2 Å². The van der Waals surface area contributed by atoms with E-state index < -0.39 is 15.9 Å². The van der Waals surface area contributed by atoms with Crippen LogP contribution in [0.25, 0.3) is 0 Å². The van der Waals surface area contributed by atoms with Gasteiger partial charge >= 0.3 is 0 Å². The van der Waals surface area contributed by atoms with Gasteiger partial charge in [0, 0.05) is 31.6 Å². The lowest BCUT2D eigenvalue weighted by Crippen LogP contribution is -2.38. The molecule has 29 heavy (non-hydrogen) atoms. The molecule has 0 unspecified atom stereocenters. The van der Waals surface area contributed by atoms with Crippen LogP contribution < -0.4 is 14.9 Å². The molecule has 2 amide bonds. The number of rotatable bonds is 5. The summed E-state index contributed by atoms with van der Waals surface area (Å²) in [7, 11) is -3.89. The molecular weight excluding hydrogens is 394 g/mol. The third-order valence-corrected chi connectivity index (χ3v) is 6.13. The van der Waals surface area contributed by atoms with Crippen LogP contribution in [0.15, 0.2) is 41.3 Å². The van der Waals surface area contributed by atoms with Crippen LogP contribution in [-0.2, 0) is 19.6 Å². The standard InChI is InChI=1S/C19H23N5O4S/c1-13-3-8-18(22-21-13)24-11-9-15(10-12-24)19(26)20-16-4-6-17(7-5-16)29(27,28)23-14(2)25/h3-8,15H,9-12H2,1-2H3,(H,20,26)(H,23,25). The lowest BCUT2D eigenvalue weighted by molar-refractivity contribution is -0.120. The van der Waals surface area contributed by atoms with E-state index in [1.165, 1.54) is 24.3 Å². The predicted molar refractivity (Wildman–Crippen MR) is 108 cm³/mol. The molecule has 2 aromatic rings. The Morgan fingerprint density at radius 1 is 1.03 bits per heavy atom. The largest absolute Gasteiger partial charge is 0.355 e. The van der Waals surface area contributed by atoms with Crippen LogP contribution in [0.5, 0.6) is 0 Å². The highest BCUT2D eigenvalue weighted by atomic mass is 32.2. The molecule has 0 aliphatic carbocycles. The summed E-state index contributed by atoms with van der Waals surface area (Å²) >= 11 is 0. The van der Waals surface area contributed by atoms with Crippen molar-refractivity contribution in [2.45, 2.75) is 31.6 Å². The number of carbonyl (C=O) groups excluding carboxylic acids is 2.